The van der Waals surface area contributed by atoms with E-state index in [-0.39, 0.29) is 10.6 Å². The molecule has 0 radical (unpaired) electrons. The van der Waals surface area contributed by atoms with E-state index in [1.54, 1.807) is 38.1 Å². The number of nitrogens with one attached hydrogen (secondary N) is 3. The van der Waals surface area contributed by atoms with Gasteiger partial charge in [0.25, 0.3) is 11.8 Å². The van der Waals surface area contributed by atoms with Crippen LogP contribution in [-0.4, -0.2) is 32.4 Å². The number of carbonyl (C=O) groups excluding carboxylic acids is 2. The van der Waals surface area contributed by atoms with E-state index in [0.29, 0.717) is 0 Å². The quantitative estimate of drug-likeness (QED) is 0.423. The van der Waals surface area contributed by atoms with E-state index in [0.717, 1.165) is 10.8 Å². The zero-order valence-corrected chi connectivity index (χ0v) is 19.7. The molecule has 3 aromatic carbocycles. The van der Waals surface area contributed by atoms with E-state index in [9.17, 15) is 22.4 Å². The van der Waals surface area contributed by atoms with Gasteiger partial charge in [-0.2, -0.15) is 4.72 Å². The second-order valence-corrected chi connectivity index (χ2v) is 9.73. The number of ether oxygens (including phenoxy) is 1. The van der Waals surface area contributed by atoms with Crippen LogP contribution in [0, 0.1) is 11.7 Å². The summed E-state index contributed by atoms with van der Waals surface area (Å²) in [6, 6.07) is 16.4. The van der Waals surface area contributed by atoms with Crippen molar-refractivity contribution in [3.05, 3.63) is 72.5 Å². The van der Waals surface area contributed by atoms with Crippen LogP contribution in [0.25, 0.3) is 10.8 Å². The fraction of sp³-hybridized carbons (Fsp3) is 0.250. The molecule has 0 saturated heterocycles. The van der Waals surface area contributed by atoms with Gasteiger partial charge in [-0.05, 0) is 47.9 Å². The van der Waals surface area contributed by atoms with Crippen LogP contribution in [0.15, 0.2) is 71.6 Å². The molecule has 10 heteroatoms. The average molecular weight is 488 g/mol. The first-order valence-electron chi connectivity index (χ1n) is 10.6. The minimum Gasteiger partial charge on any atom is -0.478 e. The molecule has 0 aromatic heterocycles. The molecule has 0 bridgehead atoms. The first-order valence-corrected chi connectivity index (χ1v) is 12.1. The van der Waals surface area contributed by atoms with Crippen LogP contribution in [-0.2, 0) is 19.6 Å². The number of rotatable bonds is 8. The molecule has 2 atom stereocenters. The van der Waals surface area contributed by atoms with Crippen molar-refractivity contribution in [1.29, 1.82) is 0 Å². The predicted octanol–water partition coefficient (Wildman–Crippen LogP) is 2.90. The summed E-state index contributed by atoms with van der Waals surface area (Å²) in [4.78, 5) is 25.0. The summed E-state index contributed by atoms with van der Waals surface area (Å²) in [5.41, 5.74) is 4.40. The maximum Gasteiger partial charge on any atom is 0.279 e. The van der Waals surface area contributed by atoms with Gasteiger partial charge < -0.3 is 4.74 Å². The topological polar surface area (TPSA) is 114 Å². The number of para-hydroxylation sites is 1. The van der Waals surface area contributed by atoms with Crippen molar-refractivity contribution in [2.45, 2.75) is 37.8 Å². The highest BCUT2D eigenvalue weighted by molar-refractivity contribution is 7.89. The lowest BCUT2D eigenvalue weighted by atomic mass is 10.1. The summed E-state index contributed by atoms with van der Waals surface area (Å²) in [5.74, 6) is -2.67. The lowest BCUT2D eigenvalue weighted by molar-refractivity contribution is -0.133. The maximum absolute atomic E-state index is 13.7. The van der Waals surface area contributed by atoms with Gasteiger partial charge in [0.1, 0.15) is 6.04 Å². The summed E-state index contributed by atoms with van der Waals surface area (Å²) in [5, 5.41) is 1.63. The largest absolute Gasteiger partial charge is 0.478 e. The summed E-state index contributed by atoms with van der Waals surface area (Å²) in [7, 11) is -4.03. The highest BCUT2D eigenvalue weighted by Crippen LogP contribution is 2.20. The standard InChI is InChI=1S/C24H26FN3O5S/c1-15(2)22(28-34(31,32)19-13-12-17-8-4-5-9-18(17)14-19)24(30)27-26-23(29)16(3)33-21-11-7-6-10-20(21)25/h4-16,22,28H,1-3H3,(H,26,29)(H,27,30)/t16-,22-/m0/s1. The van der Waals surface area contributed by atoms with Crippen LogP contribution in [0.2, 0.25) is 0 Å². The Kier molecular flexibility index (Phi) is 7.85. The molecule has 180 valence electrons. The Morgan fingerprint density at radius 1 is 0.853 bits per heavy atom. The molecule has 0 heterocycles. The van der Waals surface area contributed by atoms with Gasteiger partial charge in [-0.1, -0.05) is 56.3 Å². The highest BCUT2D eigenvalue weighted by Gasteiger charge is 2.29. The monoisotopic (exact) mass is 487 g/mol. The number of sulfonamides is 1. The predicted molar refractivity (Wildman–Crippen MR) is 126 cm³/mol. The van der Waals surface area contributed by atoms with Gasteiger partial charge in [0, 0.05) is 0 Å². The lowest BCUT2D eigenvalue weighted by Gasteiger charge is -2.22. The molecular weight excluding hydrogens is 461 g/mol. The molecule has 3 aromatic rings. The summed E-state index contributed by atoms with van der Waals surface area (Å²) in [6.07, 6.45) is -1.12. The second kappa shape index (κ2) is 10.6. The molecule has 0 aliphatic carbocycles. The summed E-state index contributed by atoms with van der Waals surface area (Å²) in [6.45, 7) is 4.72. The number of amides is 2. The van der Waals surface area contributed by atoms with Crippen molar-refractivity contribution in [3.63, 3.8) is 0 Å². The number of fused-ring (bicyclic) bond motifs is 1. The van der Waals surface area contributed by atoms with Crippen LogP contribution >= 0.6 is 0 Å². The Hall–Kier alpha value is -3.50. The summed E-state index contributed by atoms with van der Waals surface area (Å²) < 4.78 is 47.3. The zero-order valence-electron chi connectivity index (χ0n) is 18.9. The molecule has 2 amide bonds. The molecule has 0 aliphatic heterocycles. The Morgan fingerprint density at radius 2 is 1.47 bits per heavy atom. The van der Waals surface area contributed by atoms with E-state index in [1.807, 2.05) is 12.1 Å². The third kappa shape index (κ3) is 6.09. The smallest absolute Gasteiger partial charge is 0.279 e. The molecular formula is C24H26FN3O5S. The van der Waals surface area contributed by atoms with Crippen LogP contribution < -0.4 is 20.3 Å². The molecule has 0 fully saturated rings. The van der Waals surface area contributed by atoms with Gasteiger partial charge in [0.15, 0.2) is 17.7 Å². The van der Waals surface area contributed by atoms with Crippen molar-refractivity contribution < 1.29 is 27.1 Å². The van der Waals surface area contributed by atoms with Crippen molar-refractivity contribution >= 4 is 32.6 Å². The molecule has 34 heavy (non-hydrogen) atoms. The number of hydrogen-bond acceptors (Lipinski definition) is 5. The van der Waals surface area contributed by atoms with Crippen molar-refractivity contribution in [3.8, 4) is 5.75 Å². The number of halogens is 1. The molecule has 0 saturated carbocycles. The van der Waals surface area contributed by atoms with Gasteiger partial charge >= 0.3 is 0 Å². The van der Waals surface area contributed by atoms with E-state index in [4.69, 9.17) is 4.74 Å². The van der Waals surface area contributed by atoms with Gasteiger partial charge in [-0.3, -0.25) is 20.4 Å². The third-order valence-electron chi connectivity index (χ3n) is 5.08. The second-order valence-electron chi connectivity index (χ2n) is 8.02. The number of hydrogen-bond donors (Lipinski definition) is 3. The zero-order chi connectivity index (χ0) is 24.9. The Morgan fingerprint density at radius 3 is 2.15 bits per heavy atom. The molecule has 0 aliphatic rings. The number of benzene rings is 3. The van der Waals surface area contributed by atoms with Crippen molar-refractivity contribution in [2.75, 3.05) is 0 Å². The van der Waals surface area contributed by atoms with E-state index < -0.39 is 45.7 Å². The minimum atomic E-state index is -4.03. The number of hydrazine groups is 1. The SMILES string of the molecule is CC(C)[C@H](NS(=O)(=O)c1ccc2ccccc2c1)C(=O)NNC(=O)[C@H](C)Oc1ccccc1F. The normalized spacial score (nSPS) is 13.3. The highest BCUT2D eigenvalue weighted by atomic mass is 32.2. The first kappa shape index (κ1) is 25.1. The van der Waals surface area contributed by atoms with Crippen LogP contribution in [0.3, 0.4) is 0 Å². The fourth-order valence-electron chi connectivity index (χ4n) is 3.15. The Labute approximate surface area is 197 Å². The minimum absolute atomic E-state index is 0.0144. The van der Waals surface area contributed by atoms with Crippen molar-refractivity contribution in [2.24, 2.45) is 5.92 Å². The Bertz CT molecular complexity index is 1300. The van der Waals surface area contributed by atoms with Gasteiger partial charge in [0.2, 0.25) is 10.0 Å². The van der Waals surface area contributed by atoms with Gasteiger partial charge in [0.05, 0.1) is 4.90 Å². The molecule has 0 spiro atoms. The molecule has 3 rings (SSSR count). The third-order valence-corrected chi connectivity index (χ3v) is 6.52. The van der Waals surface area contributed by atoms with Gasteiger partial charge in [-0.15, -0.1) is 0 Å². The fourth-order valence-corrected chi connectivity index (χ4v) is 4.53. The van der Waals surface area contributed by atoms with E-state index >= 15 is 0 Å². The van der Waals surface area contributed by atoms with Gasteiger partial charge in [-0.25, -0.2) is 12.8 Å². The lowest BCUT2D eigenvalue weighted by Crippen LogP contribution is -2.55. The molecule has 3 N–H and O–H groups in total. The van der Waals surface area contributed by atoms with Crippen LogP contribution in [0.5, 0.6) is 5.75 Å². The maximum atomic E-state index is 13.7. The van der Waals surface area contributed by atoms with E-state index in [1.165, 1.54) is 37.3 Å². The van der Waals surface area contributed by atoms with Crippen molar-refractivity contribution in [1.82, 2.24) is 15.6 Å². The Balaban J connectivity index is 1.65. The van der Waals surface area contributed by atoms with E-state index in [2.05, 4.69) is 15.6 Å². The van der Waals surface area contributed by atoms with Crippen LogP contribution in [0.1, 0.15) is 20.8 Å². The number of carbonyl (C=O) groups is 2. The van der Waals surface area contributed by atoms with Crippen LogP contribution in [0.4, 0.5) is 4.39 Å². The average Bonchev–Trinajstić information content (AvgIpc) is 2.81. The first-order chi connectivity index (χ1) is 16.1. The summed E-state index contributed by atoms with van der Waals surface area (Å²) >= 11 is 0. The molecule has 8 nitrogen and oxygen atoms in total. The molecule has 0 unspecified atom stereocenters.